The third-order valence-electron chi connectivity index (χ3n) is 4.71. The Bertz CT molecular complexity index is 1210. The van der Waals surface area contributed by atoms with Gasteiger partial charge in [-0.05, 0) is 56.9 Å². The van der Waals surface area contributed by atoms with Gasteiger partial charge in [0.2, 0.25) is 10.0 Å². The molecule has 0 fully saturated rings. The molecular formula is C21H17BrClNO4S. The van der Waals surface area contributed by atoms with E-state index in [4.69, 9.17) is 26.2 Å². The normalized spacial score (nSPS) is 15.2. The summed E-state index contributed by atoms with van der Waals surface area (Å²) in [5, 5.41) is 5.84. The Hall–Kier alpha value is -2.06. The molecule has 0 aliphatic carbocycles. The largest absolute Gasteiger partial charge is 0.495 e. The molecule has 1 aliphatic heterocycles. The van der Waals surface area contributed by atoms with Crippen LogP contribution < -0.4 is 14.6 Å². The van der Waals surface area contributed by atoms with Gasteiger partial charge in [0.05, 0.1) is 22.9 Å². The minimum Gasteiger partial charge on any atom is -0.495 e. The quantitative estimate of drug-likeness (QED) is 0.550. The molecule has 5 nitrogen and oxygen atoms in total. The second-order valence-electron chi connectivity index (χ2n) is 6.74. The second kappa shape index (κ2) is 7.65. The molecule has 0 amide bonds. The van der Waals surface area contributed by atoms with Crippen LogP contribution >= 0.6 is 27.5 Å². The van der Waals surface area contributed by atoms with E-state index < -0.39 is 16.1 Å². The number of sulfonamides is 1. The molecule has 4 rings (SSSR count). The number of halogens is 2. The number of primary sulfonamides is 1. The lowest BCUT2D eigenvalue weighted by atomic mass is 9.88. The number of rotatable bonds is 4. The van der Waals surface area contributed by atoms with Gasteiger partial charge in [0.15, 0.2) is 0 Å². The van der Waals surface area contributed by atoms with E-state index in [1.165, 1.54) is 0 Å². The topological polar surface area (TPSA) is 78.6 Å². The molecule has 1 atom stereocenters. The van der Waals surface area contributed by atoms with E-state index in [1.807, 2.05) is 42.5 Å². The van der Waals surface area contributed by atoms with Crippen molar-refractivity contribution in [3.63, 3.8) is 0 Å². The third kappa shape index (κ3) is 4.00. The van der Waals surface area contributed by atoms with Crippen molar-refractivity contribution in [1.29, 1.82) is 0 Å². The highest BCUT2D eigenvalue weighted by Crippen LogP contribution is 2.51. The van der Waals surface area contributed by atoms with Crippen molar-refractivity contribution >= 4 is 37.6 Å². The summed E-state index contributed by atoms with van der Waals surface area (Å²) in [4.78, 5) is 0. The molecule has 0 saturated carbocycles. The van der Waals surface area contributed by atoms with E-state index in [0.717, 1.165) is 26.7 Å². The van der Waals surface area contributed by atoms with Crippen molar-refractivity contribution in [2.45, 2.75) is 11.9 Å². The van der Waals surface area contributed by atoms with Crippen molar-refractivity contribution in [2.75, 3.05) is 7.11 Å². The van der Waals surface area contributed by atoms with Crippen LogP contribution in [0.15, 0.2) is 59.1 Å². The lowest BCUT2D eigenvalue weighted by Gasteiger charge is -2.31. The maximum Gasteiger partial charge on any atom is 0.213 e. The van der Waals surface area contributed by atoms with Crippen molar-refractivity contribution in [3.05, 3.63) is 80.8 Å². The van der Waals surface area contributed by atoms with Crippen molar-refractivity contribution < 1.29 is 17.9 Å². The van der Waals surface area contributed by atoms with Crippen molar-refractivity contribution in [1.82, 2.24) is 0 Å². The van der Waals surface area contributed by atoms with Gasteiger partial charge in [-0.2, -0.15) is 0 Å². The Balaban J connectivity index is 1.96. The van der Waals surface area contributed by atoms with Crippen LogP contribution in [0.25, 0.3) is 11.1 Å². The van der Waals surface area contributed by atoms with Crippen LogP contribution in [0.1, 0.15) is 22.8 Å². The van der Waals surface area contributed by atoms with E-state index in [9.17, 15) is 8.42 Å². The van der Waals surface area contributed by atoms with Gasteiger partial charge < -0.3 is 9.47 Å². The number of ether oxygens (including phenoxy) is 2. The zero-order valence-electron chi connectivity index (χ0n) is 15.4. The number of hydrogen-bond donors (Lipinski definition) is 1. The van der Waals surface area contributed by atoms with E-state index in [0.29, 0.717) is 22.1 Å². The van der Waals surface area contributed by atoms with Crippen LogP contribution in [0.5, 0.6) is 11.5 Å². The lowest BCUT2D eigenvalue weighted by molar-refractivity contribution is 0.242. The molecule has 3 aromatic carbocycles. The van der Waals surface area contributed by atoms with E-state index in [2.05, 4.69) is 15.9 Å². The van der Waals surface area contributed by atoms with Crippen molar-refractivity contribution in [2.24, 2.45) is 5.14 Å². The number of methoxy groups -OCH3 is 1. The summed E-state index contributed by atoms with van der Waals surface area (Å²) in [6, 6.07) is 16.6. The first-order valence-electron chi connectivity index (χ1n) is 8.69. The molecule has 1 unspecified atom stereocenters. The lowest BCUT2D eigenvalue weighted by Crippen LogP contribution is -2.18. The fourth-order valence-corrected chi connectivity index (χ4v) is 4.91. The van der Waals surface area contributed by atoms with Crippen LogP contribution in [0.4, 0.5) is 0 Å². The first-order valence-corrected chi connectivity index (χ1v) is 11.6. The smallest absolute Gasteiger partial charge is 0.213 e. The fourth-order valence-electron chi connectivity index (χ4n) is 3.58. The minimum absolute atomic E-state index is 0.259. The Morgan fingerprint density at radius 1 is 1.17 bits per heavy atom. The number of benzene rings is 3. The first-order chi connectivity index (χ1) is 13.8. The molecule has 1 aliphatic rings. The fraction of sp³-hybridized carbons (Fsp3) is 0.143. The third-order valence-corrected chi connectivity index (χ3v) is 6.30. The number of fused-ring (bicyclic) bond motifs is 3. The highest BCUT2D eigenvalue weighted by Gasteiger charge is 2.31. The predicted molar refractivity (Wildman–Crippen MR) is 117 cm³/mol. The summed E-state index contributed by atoms with van der Waals surface area (Å²) >= 11 is 9.72. The zero-order valence-corrected chi connectivity index (χ0v) is 18.5. The van der Waals surface area contributed by atoms with Gasteiger partial charge in [-0.15, -0.1) is 0 Å². The second-order valence-corrected chi connectivity index (χ2v) is 9.64. The summed E-state index contributed by atoms with van der Waals surface area (Å²) in [5.74, 6) is 1.06. The molecule has 0 radical (unpaired) electrons. The Morgan fingerprint density at radius 3 is 2.66 bits per heavy atom. The van der Waals surface area contributed by atoms with E-state index in [-0.39, 0.29) is 5.75 Å². The Morgan fingerprint density at radius 2 is 1.97 bits per heavy atom. The molecule has 29 heavy (non-hydrogen) atoms. The highest BCUT2D eigenvalue weighted by atomic mass is 79.9. The molecule has 3 aromatic rings. The molecule has 0 aromatic heterocycles. The van der Waals surface area contributed by atoms with E-state index in [1.54, 1.807) is 19.2 Å². The molecule has 0 bridgehead atoms. The molecule has 0 saturated heterocycles. The van der Waals surface area contributed by atoms with Crippen LogP contribution in [0.2, 0.25) is 5.02 Å². The van der Waals surface area contributed by atoms with Gasteiger partial charge in [-0.3, -0.25) is 0 Å². The maximum absolute atomic E-state index is 11.6. The molecule has 0 spiro atoms. The van der Waals surface area contributed by atoms with Gasteiger partial charge in [-0.1, -0.05) is 41.9 Å². The molecule has 8 heteroatoms. The molecule has 150 valence electrons. The van der Waals surface area contributed by atoms with Crippen LogP contribution in [-0.4, -0.2) is 15.5 Å². The standard InChI is InChI=1S/C21H17BrClNO4S/c1-27-21-17(22)7-8-18-19(21)15-6-5-12(11-29(24,25)26)9-16(15)20(28-18)13-3-2-4-14(23)10-13/h2-10,20H,11H2,1H3,(H2,24,25,26). The summed E-state index contributed by atoms with van der Waals surface area (Å²) < 4.78 is 36.0. The maximum atomic E-state index is 11.6. The van der Waals surface area contributed by atoms with Crippen LogP contribution in [0, 0.1) is 0 Å². The zero-order chi connectivity index (χ0) is 20.8. The number of hydrogen-bond acceptors (Lipinski definition) is 4. The summed E-state index contributed by atoms with van der Waals surface area (Å²) in [6.45, 7) is 0. The molecular weight excluding hydrogens is 478 g/mol. The van der Waals surface area contributed by atoms with Gasteiger partial charge in [0.25, 0.3) is 0 Å². The van der Waals surface area contributed by atoms with Crippen LogP contribution in [0.3, 0.4) is 0 Å². The average molecular weight is 495 g/mol. The summed E-state index contributed by atoms with van der Waals surface area (Å²) in [7, 11) is -2.07. The minimum atomic E-state index is -3.67. The molecule has 1 heterocycles. The Labute approximate surface area is 182 Å². The predicted octanol–water partition coefficient (Wildman–Crippen LogP) is 5.05. The van der Waals surface area contributed by atoms with Gasteiger partial charge >= 0.3 is 0 Å². The van der Waals surface area contributed by atoms with Crippen molar-refractivity contribution in [3.8, 4) is 22.6 Å². The van der Waals surface area contributed by atoms with Gasteiger partial charge in [0, 0.05) is 10.6 Å². The monoisotopic (exact) mass is 493 g/mol. The van der Waals surface area contributed by atoms with E-state index >= 15 is 0 Å². The molecule has 2 N–H and O–H groups in total. The Kier molecular flexibility index (Phi) is 5.33. The highest BCUT2D eigenvalue weighted by molar-refractivity contribution is 9.10. The van der Waals surface area contributed by atoms with Gasteiger partial charge in [0.1, 0.15) is 17.6 Å². The summed E-state index contributed by atoms with van der Waals surface area (Å²) in [6.07, 6.45) is -0.456. The SMILES string of the molecule is COc1c(Br)ccc2c1-c1ccc(CS(N)(=O)=O)cc1C(c1cccc(Cl)c1)O2. The first kappa shape index (κ1) is 20.2. The number of nitrogens with two attached hydrogens (primary N) is 1. The van der Waals surface area contributed by atoms with Gasteiger partial charge in [-0.25, -0.2) is 13.6 Å². The van der Waals surface area contributed by atoms with Crippen LogP contribution in [-0.2, 0) is 15.8 Å². The average Bonchev–Trinajstić information content (AvgIpc) is 2.66. The summed E-state index contributed by atoms with van der Waals surface area (Å²) in [5.41, 5.74) is 3.96.